The Kier molecular flexibility index (Phi) is 4.00. The number of fused-ring (bicyclic) bond motifs is 1. The molecule has 0 aromatic carbocycles. The molecule has 2 saturated heterocycles. The fourth-order valence-corrected chi connectivity index (χ4v) is 3.62. The number of H-pyrrole nitrogens is 1. The summed E-state index contributed by atoms with van der Waals surface area (Å²) in [5.41, 5.74) is 0.914. The lowest BCUT2D eigenvalue weighted by Gasteiger charge is -2.41. The third-order valence-corrected chi connectivity index (χ3v) is 4.91. The SMILES string of the molecule is CC(C)c1[nH]c(=O)ccc1C(=O)N1C[C@@H]2CCCN2C(=O)[C@H]1C. The second-order valence-corrected chi connectivity index (χ2v) is 6.77. The Morgan fingerprint density at radius 1 is 1.30 bits per heavy atom. The highest BCUT2D eigenvalue weighted by molar-refractivity contribution is 5.99. The van der Waals surface area contributed by atoms with Gasteiger partial charge in [-0.1, -0.05) is 13.8 Å². The highest BCUT2D eigenvalue weighted by Crippen LogP contribution is 2.27. The predicted octanol–water partition coefficient (Wildman–Crippen LogP) is 1.33. The van der Waals surface area contributed by atoms with Crippen LogP contribution in [0.5, 0.6) is 0 Å². The van der Waals surface area contributed by atoms with Gasteiger partial charge >= 0.3 is 0 Å². The van der Waals surface area contributed by atoms with E-state index in [0.29, 0.717) is 17.8 Å². The quantitative estimate of drug-likeness (QED) is 0.894. The molecular formula is C17H23N3O3. The molecule has 0 aliphatic carbocycles. The number of carbonyl (C=O) groups excluding carboxylic acids is 2. The molecule has 2 aliphatic heterocycles. The molecule has 6 heteroatoms. The van der Waals surface area contributed by atoms with Crippen LogP contribution >= 0.6 is 0 Å². The zero-order chi connectivity index (χ0) is 16.7. The van der Waals surface area contributed by atoms with E-state index < -0.39 is 6.04 Å². The van der Waals surface area contributed by atoms with Crippen molar-refractivity contribution >= 4 is 11.8 Å². The molecule has 0 spiro atoms. The molecule has 23 heavy (non-hydrogen) atoms. The molecular weight excluding hydrogens is 294 g/mol. The van der Waals surface area contributed by atoms with Crippen molar-refractivity contribution in [1.29, 1.82) is 0 Å². The van der Waals surface area contributed by atoms with Gasteiger partial charge in [0.15, 0.2) is 0 Å². The molecule has 2 atom stereocenters. The lowest BCUT2D eigenvalue weighted by Crippen LogP contribution is -2.60. The molecule has 0 saturated carbocycles. The number of pyridine rings is 1. The number of amides is 2. The van der Waals surface area contributed by atoms with Crippen LogP contribution in [0.3, 0.4) is 0 Å². The molecule has 6 nitrogen and oxygen atoms in total. The van der Waals surface area contributed by atoms with Crippen LogP contribution in [0.2, 0.25) is 0 Å². The van der Waals surface area contributed by atoms with Crippen molar-refractivity contribution in [1.82, 2.24) is 14.8 Å². The number of hydrogen-bond donors (Lipinski definition) is 1. The summed E-state index contributed by atoms with van der Waals surface area (Å²) in [5, 5.41) is 0. The minimum atomic E-state index is -0.455. The summed E-state index contributed by atoms with van der Waals surface area (Å²) in [7, 11) is 0. The van der Waals surface area contributed by atoms with Gasteiger partial charge in [0, 0.05) is 30.9 Å². The van der Waals surface area contributed by atoms with Crippen molar-refractivity contribution in [2.45, 2.75) is 51.6 Å². The lowest BCUT2D eigenvalue weighted by molar-refractivity contribution is -0.141. The van der Waals surface area contributed by atoms with E-state index in [2.05, 4.69) is 4.98 Å². The van der Waals surface area contributed by atoms with Crippen molar-refractivity contribution in [3.63, 3.8) is 0 Å². The topological polar surface area (TPSA) is 73.5 Å². The first kappa shape index (κ1) is 15.8. The van der Waals surface area contributed by atoms with Crippen molar-refractivity contribution in [3.8, 4) is 0 Å². The second-order valence-electron chi connectivity index (χ2n) is 6.77. The molecule has 3 rings (SSSR count). The van der Waals surface area contributed by atoms with E-state index in [1.54, 1.807) is 17.9 Å². The van der Waals surface area contributed by atoms with Gasteiger partial charge in [-0.15, -0.1) is 0 Å². The van der Waals surface area contributed by atoms with E-state index in [0.717, 1.165) is 19.4 Å². The van der Waals surface area contributed by atoms with Gasteiger partial charge in [-0.05, 0) is 31.7 Å². The number of aromatic nitrogens is 1. The standard InChI is InChI=1S/C17H23N3O3/c1-10(2)15-13(6-7-14(21)18-15)17(23)20-9-12-5-4-8-19(12)16(22)11(20)3/h6-7,10-12H,4-5,8-9H2,1-3H3,(H,18,21)/t11-,12+/m1/s1. The van der Waals surface area contributed by atoms with Crippen LogP contribution in [0.1, 0.15) is 55.6 Å². The maximum atomic E-state index is 13.0. The van der Waals surface area contributed by atoms with Gasteiger partial charge in [-0.3, -0.25) is 14.4 Å². The molecule has 2 fully saturated rings. The Balaban J connectivity index is 1.94. The number of carbonyl (C=O) groups is 2. The van der Waals surface area contributed by atoms with Crippen LogP contribution in [0.25, 0.3) is 0 Å². The molecule has 1 aromatic rings. The fraction of sp³-hybridized carbons (Fsp3) is 0.588. The molecule has 3 heterocycles. The first-order valence-corrected chi connectivity index (χ1v) is 8.25. The van der Waals surface area contributed by atoms with Gasteiger partial charge in [0.2, 0.25) is 11.5 Å². The first-order valence-electron chi connectivity index (χ1n) is 8.25. The molecule has 0 unspecified atom stereocenters. The Hall–Kier alpha value is -2.11. The van der Waals surface area contributed by atoms with Crippen LogP contribution < -0.4 is 5.56 Å². The zero-order valence-corrected chi connectivity index (χ0v) is 13.8. The third-order valence-electron chi connectivity index (χ3n) is 4.91. The monoisotopic (exact) mass is 317 g/mol. The van der Waals surface area contributed by atoms with Gasteiger partial charge in [-0.2, -0.15) is 0 Å². The zero-order valence-electron chi connectivity index (χ0n) is 13.8. The average molecular weight is 317 g/mol. The smallest absolute Gasteiger partial charge is 0.256 e. The Morgan fingerprint density at radius 2 is 2.04 bits per heavy atom. The molecule has 0 bridgehead atoms. The Labute approximate surface area is 135 Å². The van der Waals surface area contributed by atoms with Gasteiger partial charge in [0.05, 0.1) is 5.56 Å². The maximum Gasteiger partial charge on any atom is 0.256 e. The van der Waals surface area contributed by atoms with E-state index in [1.165, 1.54) is 6.07 Å². The number of hydrogen-bond acceptors (Lipinski definition) is 3. The van der Waals surface area contributed by atoms with Crippen molar-refractivity contribution in [3.05, 3.63) is 33.7 Å². The molecule has 1 N–H and O–H groups in total. The van der Waals surface area contributed by atoms with Gasteiger partial charge < -0.3 is 14.8 Å². The highest BCUT2D eigenvalue weighted by Gasteiger charge is 2.42. The number of piperazine rings is 1. The number of rotatable bonds is 2. The first-order chi connectivity index (χ1) is 10.9. The van der Waals surface area contributed by atoms with Crippen LogP contribution in [-0.4, -0.2) is 51.8 Å². The van der Waals surface area contributed by atoms with Gasteiger partial charge in [-0.25, -0.2) is 0 Å². The Bertz CT molecular complexity index is 695. The molecule has 2 amide bonds. The normalized spacial score (nSPS) is 24.3. The molecule has 0 radical (unpaired) electrons. The summed E-state index contributed by atoms with van der Waals surface area (Å²) in [4.78, 5) is 43.4. The number of nitrogens with one attached hydrogen (secondary N) is 1. The van der Waals surface area contributed by atoms with Crippen LogP contribution in [0.4, 0.5) is 0 Å². The van der Waals surface area contributed by atoms with Gasteiger partial charge in [0.25, 0.3) is 5.91 Å². The van der Waals surface area contributed by atoms with Crippen molar-refractivity contribution < 1.29 is 9.59 Å². The van der Waals surface area contributed by atoms with Crippen LogP contribution in [0.15, 0.2) is 16.9 Å². The summed E-state index contributed by atoms with van der Waals surface area (Å²) >= 11 is 0. The van der Waals surface area contributed by atoms with E-state index >= 15 is 0 Å². The van der Waals surface area contributed by atoms with Crippen LogP contribution in [-0.2, 0) is 4.79 Å². The summed E-state index contributed by atoms with van der Waals surface area (Å²) in [5.74, 6) is -0.110. The summed E-state index contributed by atoms with van der Waals surface area (Å²) in [6.45, 7) is 7.03. The number of nitrogens with zero attached hydrogens (tertiary/aromatic N) is 2. The fourth-order valence-electron chi connectivity index (χ4n) is 3.62. The highest BCUT2D eigenvalue weighted by atomic mass is 16.2. The largest absolute Gasteiger partial charge is 0.336 e. The summed E-state index contributed by atoms with van der Waals surface area (Å²) in [6.07, 6.45) is 1.95. The third kappa shape index (κ3) is 2.66. The average Bonchev–Trinajstić information content (AvgIpc) is 2.98. The van der Waals surface area contributed by atoms with Crippen LogP contribution in [0, 0.1) is 0 Å². The molecule has 124 valence electrons. The Morgan fingerprint density at radius 3 is 2.74 bits per heavy atom. The van der Waals surface area contributed by atoms with Gasteiger partial charge in [0.1, 0.15) is 6.04 Å². The second kappa shape index (κ2) is 5.83. The van der Waals surface area contributed by atoms with Crippen molar-refractivity contribution in [2.75, 3.05) is 13.1 Å². The number of aromatic amines is 1. The lowest BCUT2D eigenvalue weighted by atomic mass is 10.0. The maximum absolute atomic E-state index is 13.0. The summed E-state index contributed by atoms with van der Waals surface area (Å²) < 4.78 is 0. The summed E-state index contributed by atoms with van der Waals surface area (Å²) in [6, 6.07) is 2.63. The van der Waals surface area contributed by atoms with E-state index in [1.807, 2.05) is 18.7 Å². The van der Waals surface area contributed by atoms with E-state index in [9.17, 15) is 14.4 Å². The van der Waals surface area contributed by atoms with E-state index in [-0.39, 0.29) is 29.3 Å². The van der Waals surface area contributed by atoms with Crippen molar-refractivity contribution in [2.24, 2.45) is 0 Å². The van der Waals surface area contributed by atoms with E-state index in [4.69, 9.17) is 0 Å². The molecule has 1 aromatic heterocycles. The minimum Gasteiger partial charge on any atom is -0.336 e. The predicted molar refractivity (Wildman–Crippen MR) is 86.4 cm³/mol. The molecule has 2 aliphatic rings. The minimum absolute atomic E-state index is 0.0293.